The number of hydrogen-bond donors (Lipinski definition) is 2. The molecule has 0 radical (unpaired) electrons. The lowest BCUT2D eigenvalue weighted by Crippen LogP contribution is -2.12. The predicted molar refractivity (Wildman–Crippen MR) is 45.6 cm³/mol. The van der Waals surface area contributed by atoms with Crippen LogP contribution in [-0.4, -0.2) is 23.9 Å². The number of primary amides is 1. The first-order chi connectivity index (χ1) is 5.63. The van der Waals surface area contributed by atoms with Crippen LogP contribution < -0.4 is 5.73 Å². The molecule has 0 spiro atoms. The van der Waals surface area contributed by atoms with Crippen LogP contribution in [0.5, 0.6) is 0 Å². The van der Waals surface area contributed by atoms with Gasteiger partial charge in [-0.3, -0.25) is 0 Å². The Morgan fingerprint density at radius 2 is 2.33 bits per heavy atom. The molecule has 0 bridgehead atoms. The number of amides is 1. The molecular weight excluding hydrogens is 158 g/mol. The Balaban J connectivity index is 3.20. The number of carbonyl (C=O) groups excluding carboxylic acids is 1. The number of allylic oxidation sites excluding steroid dienone is 1. The second kappa shape index (κ2) is 6.67. The fourth-order valence-electron chi connectivity index (χ4n) is 0.654. The van der Waals surface area contributed by atoms with Crippen LogP contribution in [0, 0.1) is 0 Å². The van der Waals surface area contributed by atoms with Gasteiger partial charge in [0.05, 0.1) is 6.10 Å². The normalized spacial score (nSPS) is 13.2. The molecule has 1 unspecified atom stereocenters. The third-order valence-electron chi connectivity index (χ3n) is 1.24. The minimum Gasteiger partial charge on any atom is -0.445 e. The molecule has 12 heavy (non-hydrogen) atoms. The summed E-state index contributed by atoms with van der Waals surface area (Å²) in [6, 6.07) is 0. The van der Waals surface area contributed by atoms with Gasteiger partial charge in [-0.25, -0.2) is 4.79 Å². The van der Waals surface area contributed by atoms with Gasteiger partial charge >= 0.3 is 6.09 Å². The van der Waals surface area contributed by atoms with Crippen molar-refractivity contribution in [2.24, 2.45) is 5.73 Å². The van der Waals surface area contributed by atoms with E-state index in [4.69, 9.17) is 10.8 Å². The zero-order valence-electron chi connectivity index (χ0n) is 7.19. The predicted octanol–water partition coefficient (Wildman–Crippen LogP) is 0.799. The van der Waals surface area contributed by atoms with Gasteiger partial charge in [-0.05, 0) is 19.8 Å². The molecule has 70 valence electrons. The Hall–Kier alpha value is -1.03. The summed E-state index contributed by atoms with van der Waals surface area (Å²) in [6.45, 7) is 1.93. The number of aliphatic hydroxyl groups is 1. The van der Waals surface area contributed by atoms with Crippen molar-refractivity contribution < 1.29 is 14.6 Å². The van der Waals surface area contributed by atoms with Crippen LogP contribution in [0.2, 0.25) is 0 Å². The first-order valence-corrected chi connectivity index (χ1v) is 3.88. The molecule has 0 rings (SSSR count). The molecule has 0 fully saturated rings. The van der Waals surface area contributed by atoms with Crippen molar-refractivity contribution in [2.45, 2.75) is 25.9 Å². The fraction of sp³-hybridized carbons (Fsp3) is 0.625. The zero-order chi connectivity index (χ0) is 9.40. The molecular formula is C8H15NO3. The number of aliphatic hydroxyl groups excluding tert-OH is 1. The van der Waals surface area contributed by atoms with E-state index < -0.39 is 6.09 Å². The molecule has 4 nitrogen and oxygen atoms in total. The van der Waals surface area contributed by atoms with Gasteiger partial charge in [0.15, 0.2) is 0 Å². The van der Waals surface area contributed by atoms with E-state index in [2.05, 4.69) is 4.74 Å². The van der Waals surface area contributed by atoms with Gasteiger partial charge in [-0.15, -0.1) is 0 Å². The topological polar surface area (TPSA) is 72.6 Å². The summed E-state index contributed by atoms with van der Waals surface area (Å²) in [4.78, 5) is 10.1. The number of hydrogen-bond acceptors (Lipinski definition) is 3. The maximum Gasteiger partial charge on any atom is 0.404 e. The van der Waals surface area contributed by atoms with E-state index >= 15 is 0 Å². The van der Waals surface area contributed by atoms with Crippen LogP contribution in [0.4, 0.5) is 4.79 Å². The van der Waals surface area contributed by atoms with Crippen LogP contribution in [0.1, 0.15) is 19.8 Å². The van der Waals surface area contributed by atoms with E-state index in [-0.39, 0.29) is 12.7 Å². The first kappa shape index (κ1) is 11.0. The molecule has 0 aliphatic carbocycles. The van der Waals surface area contributed by atoms with Crippen molar-refractivity contribution >= 4 is 6.09 Å². The van der Waals surface area contributed by atoms with Crippen LogP contribution in [0.3, 0.4) is 0 Å². The minimum atomic E-state index is -0.768. The average molecular weight is 173 g/mol. The smallest absolute Gasteiger partial charge is 0.404 e. The molecule has 4 heteroatoms. The van der Waals surface area contributed by atoms with Crippen molar-refractivity contribution in [1.82, 2.24) is 0 Å². The summed E-state index contributed by atoms with van der Waals surface area (Å²) >= 11 is 0. The van der Waals surface area contributed by atoms with Crippen LogP contribution in [0.15, 0.2) is 12.2 Å². The number of ether oxygens (including phenoxy) is 1. The second-order valence-electron chi connectivity index (χ2n) is 2.53. The first-order valence-electron chi connectivity index (χ1n) is 3.88. The summed E-state index contributed by atoms with van der Waals surface area (Å²) in [5, 5.41) is 8.86. The lowest BCUT2D eigenvalue weighted by molar-refractivity contribution is 0.169. The molecule has 0 heterocycles. The second-order valence-corrected chi connectivity index (χ2v) is 2.53. The Morgan fingerprint density at radius 3 is 2.83 bits per heavy atom. The highest BCUT2D eigenvalue weighted by Crippen LogP contribution is 1.96. The van der Waals surface area contributed by atoms with Crippen LogP contribution in [-0.2, 0) is 4.74 Å². The Kier molecular flexibility index (Phi) is 6.09. The Morgan fingerprint density at radius 1 is 1.67 bits per heavy atom. The molecule has 0 aromatic heterocycles. The molecule has 1 atom stereocenters. The zero-order valence-corrected chi connectivity index (χ0v) is 7.19. The number of carbonyl (C=O) groups is 1. The third-order valence-corrected chi connectivity index (χ3v) is 1.24. The fourth-order valence-corrected chi connectivity index (χ4v) is 0.654. The van der Waals surface area contributed by atoms with E-state index in [0.717, 1.165) is 6.42 Å². The minimum absolute atomic E-state index is 0.204. The van der Waals surface area contributed by atoms with Crippen molar-refractivity contribution in [3.63, 3.8) is 0 Å². The van der Waals surface area contributed by atoms with Crippen LogP contribution >= 0.6 is 0 Å². The highest BCUT2D eigenvalue weighted by atomic mass is 16.5. The molecule has 0 aromatic rings. The SMILES string of the molecule is CC(O)CC/C=C/COC(N)=O. The van der Waals surface area contributed by atoms with Crippen molar-refractivity contribution in [2.75, 3.05) is 6.61 Å². The maximum atomic E-state index is 10.1. The largest absolute Gasteiger partial charge is 0.445 e. The van der Waals surface area contributed by atoms with Gasteiger partial charge < -0.3 is 15.6 Å². The van der Waals surface area contributed by atoms with Gasteiger partial charge in [-0.2, -0.15) is 0 Å². The summed E-state index contributed by atoms with van der Waals surface area (Å²) < 4.78 is 4.44. The number of nitrogens with two attached hydrogens (primary N) is 1. The molecule has 1 amide bonds. The maximum absolute atomic E-state index is 10.1. The molecule has 0 saturated heterocycles. The van der Waals surface area contributed by atoms with E-state index in [1.807, 2.05) is 6.08 Å². The molecule has 3 N–H and O–H groups in total. The molecule has 0 aliphatic heterocycles. The monoisotopic (exact) mass is 173 g/mol. The lowest BCUT2D eigenvalue weighted by Gasteiger charge is -1.98. The summed E-state index contributed by atoms with van der Waals surface area (Å²) in [6.07, 6.45) is 3.98. The summed E-state index contributed by atoms with van der Waals surface area (Å²) in [7, 11) is 0. The van der Waals surface area contributed by atoms with Gasteiger partial charge in [-0.1, -0.05) is 12.2 Å². The molecule has 0 aliphatic rings. The lowest BCUT2D eigenvalue weighted by atomic mass is 10.2. The Labute approximate surface area is 72.0 Å². The Bertz CT molecular complexity index is 154. The summed E-state index contributed by atoms with van der Waals surface area (Å²) in [5.41, 5.74) is 4.72. The van der Waals surface area contributed by atoms with Gasteiger partial charge in [0.2, 0.25) is 0 Å². The molecule has 0 aromatic carbocycles. The van der Waals surface area contributed by atoms with E-state index in [1.165, 1.54) is 0 Å². The van der Waals surface area contributed by atoms with E-state index in [9.17, 15) is 4.79 Å². The third kappa shape index (κ3) is 8.97. The van der Waals surface area contributed by atoms with Gasteiger partial charge in [0.25, 0.3) is 0 Å². The van der Waals surface area contributed by atoms with Crippen molar-refractivity contribution in [1.29, 1.82) is 0 Å². The molecule has 0 saturated carbocycles. The van der Waals surface area contributed by atoms with Crippen LogP contribution in [0.25, 0.3) is 0 Å². The quantitative estimate of drug-likeness (QED) is 0.604. The highest BCUT2D eigenvalue weighted by Gasteiger charge is 1.91. The van der Waals surface area contributed by atoms with Gasteiger partial charge in [0, 0.05) is 0 Å². The van der Waals surface area contributed by atoms with Crippen molar-refractivity contribution in [3.05, 3.63) is 12.2 Å². The average Bonchev–Trinajstić information content (AvgIpc) is 1.95. The summed E-state index contributed by atoms with van der Waals surface area (Å²) in [5.74, 6) is 0. The van der Waals surface area contributed by atoms with E-state index in [1.54, 1.807) is 13.0 Å². The standard InChI is InChI=1S/C8H15NO3/c1-7(10)5-3-2-4-6-12-8(9)11/h2,4,7,10H,3,5-6H2,1H3,(H2,9,11)/b4-2+. The van der Waals surface area contributed by atoms with Gasteiger partial charge in [0.1, 0.15) is 6.61 Å². The highest BCUT2D eigenvalue weighted by molar-refractivity contribution is 5.64. The van der Waals surface area contributed by atoms with Crippen molar-refractivity contribution in [3.8, 4) is 0 Å². The van der Waals surface area contributed by atoms with E-state index in [0.29, 0.717) is 6.42 Å². The number of rotatable bonds is 5.